The smallest absolute Gasteiger partial charge is 0.235 e. The number of hydrogen-bond donors (Lipinski definition) is 1. The molecule has 3 heterocycles. The van der Waals surface area contributed by atoms with E-state index < -0.39 is 5.92 Å². The fraction of sp³-hybridized carbons (Fsp3) is 0.389. The van der Waals surface area contributed by atoms with Crippen LogP contribution in [0.1, 0.15) is 30.7 Å². The lowest BCUT2D eigenvalue weighted by atomic mass is 10.1. The van der Waals surface area contributed by atoms with Crippen LogP contribution in [0.5, 0.6) is 0 Å². The lowest BCUT2D eigenvalue weighted by Crippen LogP contribution is -2.32. The number of thiazole rings is 1. The molecule has 0 radical (unpaired) electrons. The lowest BCUT2D eigenvalue weighted by molar-refractivity contribution is -0.126. The summed E-state index contributed by atoms with van der Waals surface area (Å²) in [5.41, 5.74) is 2.01. The Morgan fingerprint density at radius 1 is 1.37 bits per heavy atom. The maximum atomic E-state index is 12.4. The summed E-state index contributed by atoms with van der Waals surface area (Å²) in [6, 6.07) is 6.00. The highest BCUT2D eigenvalue weighted by atomic mass is 32.1. The number of aromatic nitrogens is 3. The third-order valence-electron chi connectivity index (χ3n) is 4.48. The Labute approximate surface area is 159 Å². The fourth-order valence-electron chi connectivity index (χ4n) is 3.01. The zero-order chi connectivity index (χ0) is 19.0. The quantitative estimate of drug-likeness (QED) is 0.723. The van der Waals surface area contributed by atoms with Gasteiger partial charge in [0.1, 0.15) is 0 Å². The average Bonchev–Trinajstić information content (AvgIpc) is 3.36. The van der Waals surface area contributed by atoms with Gasteiger partial charge in [-0.3, -0.25) is 14.5 Å². The zero-order valence-electron chi connectivity index (χ0n) is 15.1. The average molecular weight is 385 g/mol. The van der Waals surface area contributed by atoms with E-state index in [1.165, 1.54) is 11.3 Å². The Morgan fingerprint density at radius 3 is 2.96 bits per heavy atom. The summed E-state index contributed by atoms with van der Waals surface area (Å²) < 4.78 is 6.41. The van der Waals surface area contributed by atoms with Crippen molar-refractivity contribution in [1.82, 2.24) is 20.5 Å². The Bertz CT molecular complexity index is 1010. The standard InChI is InChI=1S/C18H19N5O3S/c1-3-14-21-22-15(26-14)8-19-17(25)11-7-16(24)23(9-11)18-20-12-5-4-10(2)6-13(12)27-18/h4-6,11H,3,7-9H2,1-2H3,(H,19,25). The van der Waals surface area contributed by atoms with Crippen LogP contribution >= 0.6 is 11.3 Å². The number of nitrogens with zero attached hydrogens (tertiary/aromatic N) is 4. The van der Waals surface area contributed by atoms with Gasteiger partial charge < -0.3 is 9.73 Å². The molecule has 1 saturated heterocycles. The van der Waals surface area contributed by atoms with Gasteiger partial charge in [-0.05, 0) is 24.6 Å². The van der Waals surface area contributed by atoms with Gasteiger partial charge in [0.15, 0.2) is 5.13 Å². The number of anilines is 1. The summed E-state index contributed by atoms with van der Waals surface area (Å²) in [6.07, 6.45) is 0.819. The SMILES string of the molecule is CCc1nnc(CNC(=O)C2CC(=O)N(c3nc4ccc(C)cc4s3)C2)o1. The second-order valence-electron chi connectivity index (χ2n) is 6.53. The van der Waals surface area contributed by atoms with E-state index in [4.69, 9.17) is 4.42 Å². The molecular weight excluding hydrogens is 366 g/mol. The van der Waals surface area contributed by atoms with E-state index in [1.807, 2.05) is 26.0 Å². The van der Waals surface area contributed by atoms with Crippen molar-refractivity contribution < 1.29 is 14.0 Å². The Balaban J connectivity index is 1.42. The fourth-order valence-corrected chi connectivity index (χ4v) is 4.10. The largest absolute Gasteiger partial charge is 0.423 e. The zero-order valence-corrected chi connectivity index (χ0v) is 15.9. The number of fused-ring (bicyclic) bond motifs is 1. The van der Waals surface area contributed by atoms with E-state index in [-0.39, 0.29) is 24.8 Å². The molecule has 4 rings (SSSR count). The van der Waals surface area contributed by atoms with Gasteiger partial charge in [-0.15, -0.1) is 10.2 Å². The van der Waals surface area contributed by atoms with Crippen molar-refractivity contribution in [3.05, 3.63) is 35.5 Å². The van der Waals surface area contributed by atoms with Crippen LogP contribution in [0.2, 0.25) is 0 Å². The molecule has 1 unspecified atom stereocenters. The molecular formula is C18H19N5O3S. The first-order chi connectivity index (χ1) is 13.0. The third-order valence-corrected chi connectivity index (χ3v) is 5.53. The number of benzene rings is 1. The van der Waals surface area contributed by atoms with Crippen LogP contribution in [0.4, 0.5) is 5.13 Å². The highest BCUT2D eigenvalue weighted by Gasteiger charge is 2.36. The molecule has 1 atom stereocenters. The Morgan fingerprint density at radius 2 is 2.19 bits per heavy atom. The molecule has 1 fully saturated rings. The molecule has 27 heavy (non-hydrogen) atoms. The molecule has 0 saturated carbocycles. The highest BCUT2D eigenvalue weighted by Crippen LogP contribution is 2.33. The van der Waals surface area contributed by atoms with E-state index in [0.29, 0.717) is 29.9 Å². The second-order valence-corrected chi connectivity index (χ2v) is 7.54. The number of carbonyl (C=O) groups is 2. The summed E-state index contributed by atoms with van der Waals surface area (Å²) >= 11 is 1.47. The van der Waals surface area contributed by atoms with Crippen molar-refractivity contribution in [2.75, 3.05) is 11.4 Å². The van der Waals surface area contributed by atoms with E-state index >= 15 is 0 Å². The molecule has 140 valence electrons. The molecule has 0 bridgehead atoms. The molecule has 1 aromatic carbocycles. The van der Waals surface area contributed by atoms with Gasteiger partial charge in [0.05, 0.1) is 22.7 Å². The van der Waals surface area contributed by atoms with Gasteiger partial charge in [-0.25, -0.2) is 4.98 Å². The first-order valence-corrected chi connectivity index (χ1v) is 9.61. The Kier molecular flexibility index (Phi) is 4.61. The van der Waals surface area contributed by atoms with Crippen LogP contribution in [0.3, 0.4) is 0 Å². The first-order valence-electron chi connectivity index (χ1n) is 8.80. The molecule has 1 aliphatic rings. The minimum atomic E-state index is -0.417. The topological polar surface area (TPSA) is 101 Å². The number of rotatable bonds is 5. The number of aryl methyl sites for hydroxylation is 2. The minimum Gasteiger partial charge on any atom is -0.423 e. The third kappa shape index (κ3) is 3.55. The number of amides is 2. The predicted molar refractivity (Wildman–Crippen MR) is 100 cm³/mol. The van der Waals surface area contributed by atoms with Crippen LogP contribution < -0.4 is 10.2 Å². The van der Waals surface area contributed by atoms with Crippen molar-refractivity contribution in [2.45, 2.75) is 33.2 Å². The summed E-state index contributed by atoms with van der Waals surface area (Å²) in [7, 11) is 0. The maximum Gasteiger partial charge on any atom is 0.235 e. The maximum absolute atomic E-state index is 12.4. The molecule has 2 amide bonds. The van der Waals surface area contributed by atoms with Crippen molar-refractivity contribution in [2.24, 2.45) is 5.92 Å². The molecule has 0 spiro atoms. The van der Waals surface area contributed by atoms with Crippen LogP contribution in [0.25, 0.3) is 10.2 Å². The van der Waals surface area contributed by atoms with Gasteiger partial charge in [-0.1, -0.05) is 24.3 Å². The number of hydrogen-bond acceptors (Lipinski definition) is 7. The molecule has 1 N–H and O–H groups in total. The lowest BCUT2D eigenvalue weighted by Gasteiger charge is -2.12. The summed E-state index contributed by atoms with van der Waals surface area (Å²) in [5, 5.41) is 11.2. The molecule has 0 aliphatic carbocycles. The Hall–Kier alpha value is -2.81. The summed E-state index contributed by atoms with van der Waals surface area (Å²) in [5.74, 6) is 0.200. The van der Waals surface area contributed by atoms with Crippen LogP contribution in [0, 0.1) is 12.8 Å². The van der Waals surface area contributed by atoms with Gasteiger partial charge >= 0.3 is 0 Å². The minimum absolute atomic E-state index is 0.0861. The van der Waals surface area contributed by atoms with Gasteiger partial charge in [0.25, 0.3) is 0 Å². The monoisotopic (exact) mass is 385 g/mol. The first kappa shape index (κ1) is 17.6. The van der Waals surface area contributed by atoms with Crippen LogP contribution in [-0.4, -0.2) is 33.5 Å². The molecule has 3 aromatic rings. The molecule has 2 aromatic heterocycles. The highest BCUT2D eigenvalue weighted by molar-refractivity contribution is 7.22. The molecule has 1 aliphatic heterocycles. The van der Waals surface area contributed by atoms with E-state index in [2.05, 4.69) is 26.6 Å². The van der Waals surface area contributed by atoms with Gasteiger partial charge in [0, 0.05) is 19.4 Å². The second kappa shape index (κ2) is 7.07. The van der Waals surface area contributed by atoms with Crippen molar-refractivity contribution in [3.63, 3.8) is 0 Å². The van der Waals surface area contributed by atoms with E-state index in [9.17, 15) is 9.59 Å². The summed E-state index contributed by atoms with van der Waals surface area (Å²) in [4.78, 5) is 31.0. The van der Waals surface area contributed by atoms with E-state index in [0.717, 1.165) is 15.8 Å². The predicted octanol–water partition coefficient (Wildman–Crippen LogP) is 2.22. The summed E-state index contributed by atoms with van der Waals surface area (Å²) in [6.45, 7) is 4.43. The molecule has 9 heteroatoms. The van der Waals surface area contributed by atoms with Crippen molar-refractivity contribution >= 4 is 38.5 Å². The van der Waals surface area contributed by atoms with Crippen molar-refractivity contribution in [3.8, 4) is 0 Å². The van der Waals surface area contributed by atoms with Gasteiger partial charge in [-0.2, -0.15) is 0 Å². The van der Waals surface area contributed by atoms with Crippen molar-refractivity contribution in [1.29, 1.82) is 0 Å². The number of nitrogens with one attached hydrogen (secondary N) is 1. The molecule has 8 nitrogen and oxygen atoms in total. The normalized spacial score (nSPS) is 17.0. The van der Waals surface area contributed by atoms with Crippen LogP contribution in [-0.2, 0) is 22.6 Å². The van der Waals surface area contributed by atoms with Gasteiger partial charge in [0.2, 0.25) is 23.6 Å². The van der Waals surface area contributed by atoms with Crippen LogP contribution in [0.15, 0.2) is 22.6 Å². The number of carbonyl (C=O) groups excluding carboxylic acids is 2. The van der Waals surface area contributed by atoms with E-state index in [1.54, 1.807) is 4.90 Å².